The first-order chi connectivity index (χ1) is 15.3. The van der Waals surface area contributed by atoms with Gasteiger partial charge in [0, 0.05) is 12.2 Å². The minimum atomic E-state index is -1.47. The quantitative estimate of drug-likeness (QED) is 0.161. The van der Waals surface area contributed by atoms with E-state index in [4.69, 9.17) is 0.832 Å². The van der Waals surface area contributed by atoms with Gasteiger partial charge in [-0.25, -0.2) is 0 Å². The second-order valence-corrected chi connectivity index (χ2v) is 13.9. The third-order valence-corrected chi connectivity index (χ3v) is 7.26. The predicted octanol–water partition coefficient (Wildman–Crippen LogP) is 6.68. The van der Waals surface area contributed by atoms with E-state index in [2.05, 4.69) is 121 Å². The van der Waals surface area contributed by atoms with Crippen LogP contribution in [0.2, 0.25) is 0 Å². The predicted molar refractivity (Wildman–Crippen MR) is 147 cm³/mol. The molecule has 0 atom stereocenters. The van der Waals surface area contributed by atoms with Gasteiger partial charge in [0.05, 0.1) is 0 Å². The molecule has 0 saturated carbocycles. The van der Waals surface area contributed by atoms with Gasteiger partial charge in [-0.05, 0) is 49.9 Å². The molecule has 3 rings (SSSR count). The number of rotatable bonds is 4. The molecule has 5 heteroatoms. The Morgan fingerprint density at radius 2 is 1.66 bits per heavy atom. The Morgan fingerprint density at radius 3 is 2.22 bits per heavy atom. The van der Waals surface area contributed by atoms with Gasteiger partial charge in [-0.1, -0.05) is 39.0 Å². The number of benzene rings is 2. The number of hydrogen-bond acceptors (Lipinski definition) is 2. The van der Waals surface area contributed by atoms with Crippen LogP contribution in [0, 0.1) is 6.67 Å². The van der Waals surface area contributed by atoms with Gasteiger partial charge in [0.2, 0.25) is 0 Å². The number of para-hydroxylation sites is 2. The maximum absolute atomic E-state index is 7.63. The molecule has 2 aromatic rings. The molecule has 1 saturated heterocycles. The Balaban J connectivity index is 0.000000245. The molecule has 1 heterocycles. The van der Waals surface area contributed by atoms with Crippen LogP contribution in [0.1, 0.15) is 66.5 Å². The average Bonchev–Trinajstić information content (AvgIpc) is 3.19. The molecule has 0 spiro atoms. The van der Waals surface area contributed by atoms with Gasteiger partial charge in [-0.3, -0.25) is 0 Å². The third kappa shape index (κ3) is 8.22. The summed E-state index contributed by atoms with van der Waals surface area (Å²) in [6.07, 6.45) is 0.310. The van der Waals surface area contributed by atoms with Crippen molar-refractivity contribution in [1.82, 2.24) is 4.90 Å². The van der Waals surface area contributed by atoms with Gasteiger partial charge in [0.1, 0.15) is 0 Å². The number of aliphatic hydroxyl groups is 1. The summed E-state index contributed by atoms with van der Waals surface area (Å²) < 4.78 is 14.2. The Hall–Kier alpha value is -0.777. The fourth-order valence-corrected chi connectivity index (χ4v) is 5.59. The fraction of sp³-hybridized carbons (Fsp3) is 0.481. The molecule has 0 bridgehead atoms. The average molecular weight is 640 g/mol. The molecule has 0 radical (unpaired) electrons. The molecule has 0 aromatic heterocycles. The van der Waals surface area contributed by atoms with Gasteiger partial charge in [0.25, 0.3) is 0 Å². The van der Waals surface area contributed by atoms with E-state index in [1.54, 1.807) is 0 Å². The summed E-state index contributed by atoms with van der Waals surface area (Å²) in [6.45, 7) is 22.2. The van der Waals surface area contributed by atoms with Crippen LogP contribution in [0.15, 0.2) is 48.5 Å². The monoisotopic (exact) mass is 640 g/mol. The molecule has 0 aliphatic carbocycles. The van der Waals surface area contributed by atoms with E-state index in [9.17, 15) is 0 Å². The third-order valence-electron chi connectivity index (χ3n) is 5.23. The van der Waals surface area contributed by atoms with Crippen LogP contribution in [0.4, 0.5) is 5.69 Å². The molecule has 2 aromatic carbocycles. The van der Waals surface area contributed by atoms with Crippen molar-refractivity contribution in [3.05, 3.63) is 66.3 Å². The zero-order valence-corrected chi connectivity index (χ0v) is 24.7. The Morgan fingerprint density at radius 1 is 1.03 bits per heavy atom. The van der Waals surface area contributed by atoms with Crippen molar-refractivity contribution in [3.8, 4) is 5.75 Å². The first kappa shape index (κ1) is 25.8. The molecule has 32 heavy (non-hydrogen) atoms. The van der Waals surface area contributed by atoms with Gasteiger partial charge < -0.3 is 9.80 Å². The molecule has 180 valence electrons. The van der Waals surface area contributed by atoms with E-state index >= 15 is 0 Å². The van der Waals surface area contributed by atoms with Gasteiger partial charge in [-0.2, -0.15) is 6.67 Å². The normalized spacial score (nSPS) is 17.1. The molecular weight excluding hydrogens is 596 g/mol. The van der Waals surface area contributed by atoms with Crippen molar-refractivity contribution in [2.75, 3.05) is 18.0 Å². The van der Waals surface area contributed by atoms with Crippen molar-refractivity contribution in [1.29, 1.82) is 0.832 Å². The first-order valence-corrected chi connectivity index (χ1v) is 17.4. The molecule has 0 amide bonds. The Bertz CT molecular complexity index is 930. The molecule has 1 aliphatic heterocycles. The zero-order chi connectivity index (χ0) is 24.8. The van der Waals surface area contributed by atoms with Crippen LogP contribution in [0.3, 0.4) is 0 Å². The number of halogens is 1. The van der Waals surface area contributed by atoms with Crippen LogP contribution in [-0.2, 0) is 18.4 Å². The Kier molecular flexibility index (Phi) is 9.75. The second kappa shape index (κ2) is 12.1. The van der Waals surface area contributed by atoms with E-state index in [1.807, 2.05) is 28.9 Å². The van der Waals surface area contributed by atoms with Crippen molar-refractivity contribution in [2.24, 2.45) is 0 Å². The van der Waals surface area contributed by atoms with Gasteiger partial charge >= 0.3 is 98.5 Å². The van der Waals surface area contributed by atoms with Crippen LogP contribution < -0.4 is 4.90 Å². The SMILES string of the molecule is CC(C)(C)c1ccccc1N1[CH-]N(C(C)(C)C)CC1.[3H]/[Ru]([I])=[CH]/c1ccccc1[OH+]C(C)C. The summed E-state index contributed by atoms with van der Waals surface area (Å²) in [5.74, 6) is 1.02. The summed E-state index contributed by atoms with van der Waals surface area (Å²) in [6, 6.07) is 16.8. The molecule has 1 N–H and O–H groups in total. The first-order valence-electron chi connectivity index (χ1n) is 11.6. The zero-order valence-electron chi connectivity index (χ0n) is 21.8. The number of aromatic hydroxyl groups is 1. The van der Waals surface area contributed by atoms with E-state index in [0.717, 1.165) is 24.4 Å². The van der Waals surface area contributed by atoms with Crippen molar-refractivity contribution in [3.63, 3.8) is 0 Å². The second-order valence-electron chi connectivity index (χ2n) is 10.4. The number of ether oxygens (including phenoxy) is 1. The Labute approximate surface area is 214 Å². The summed E-state index contributed by atoms with van der Waals surface area (Å²) in [5.41, 5.74) is 4.26. The molecule has 1 fully saturated rings. The summed E-state index contributed by atoms with van der Waals surface area (Å²) in [5, 5.41) is 0. The fourth-order valence-electron chi connectivity index (χ4n) is 3.56. The minimum absolute atomic E-state index is 0.180. The van der Waals surface area contributed by atoms with Crippen molar-refractivity contribution in [2.45, 2.75) is 72.4 Å². The van der Waals surface area contributed by atoms with Crippen molar-refractivity contribution >= 4 is 30.0 Å². The van der Waals surface area contributed by atoms with Crippen molar-refractivity contribution < 1.29 is 17.7 Å². The van der Waals surface area contributed by atoms with E-state index in [1.165, 1.54) is 11.3 Å². The standard InChI is InChI=1S/C17H27N2.C10H12O.HI.Ru.H/c1-16(2,3)14-9-7-8-10-15(14)18-11-12-19(13-18)17(4,5)6;1-8(2)11-10-7-5-4-6-9(10)3;;;/h7-10,13H,11-12H2,1-6H3;3-8H,1-2H3;1H;;/q-1;;;+1;/i;;;;1+2. The number of nitrogens with zero attached hydrogens (tertiary/aromatic N) is 2. The molecule has 0 unspecified atom stereocenters. The van der Waals surface area contributed by atoms with Crippen LogP contribution in [0.25, 0.3) is 0 Å². The molecule has 3 nitrogen and oxygen atoms in total. The van der Waals surface area contributed by atoms with E-state index < -0.39 is 13.0 Å². The summed E-state index contributed by atoms with van der Waals surface area (Å²) in [4.78, 5) is 4.82. The van der Waals surface area contributed by atoms with E-state index in [-0.39, 0.29) is 11.0 Å². The van der Waals surface area contributed by atoms with Crippen LogP contribution in [0.5, 0.6) is 5.75 Å². The van der Waals surface area contributed by atoms with Crippen LogP contribution in [-0.4, -0.2) is 39.8 Å². The van der Waals surface area contributed by atoms with Gasteiger partial charge in [-0.15, -0.1) is 0 Å². The summed E-state index contributed by atoms with van der Waals surface area (Å²) in [7, 11) is 0. The molecular formula is C27H41IN2ORu. The maximum atomic E-state index is 7.63. The number of hydrogen-bond donors (Lipinski definition) is 0. The van der Waals surface area contributed by atoms with Gasteiger partial charge in [0.15, 0.2) is 0 Å². The molecule has 1 aliphatic rings. The topological polar surface area (TPSA) is 19.3 Å². The number of anilines is 1. The summed E-state index contributed by atoms with van der Waals surface area (Å²) >= 11 is 0.734. The van der Waals surface area contributed by atoms with E-state index in [0.29, 0.717) is 6.10 Å². The van der Waals surface area contributed by atoms with Crippen LogP contribution >= 0.6 is 19.8 Å².